The summed E-state index contributed by atoms with van der Waals surface area (Å²) in [6.45, 7) is 8.16. The Balaban J connectivity index is 2.90. The minimum Gasteiger partial charge on any atom is -0.435 e. The fourth-order valence-electron chi connectivity index (χ4n) is 2.22. The van der Waals surface area contributed by atoms with Gasteiger partial charge < -0.3 is 5.11 Å². The summed E-state index contributed by atoms with van der Waals surface area (Å²) in [5.41, 5.74) is -0.455. The van der Waals surface area contributed by atoms with E-state index in [0.29, 0.717) is 6.54 Å². The molecule has 0 saturated carbocycles. The number of carbonyl (C=O) groups is 2. The fraction of sp³-hybridized carbons (Fsp3) is 0.833. The molecule has 1 N–H and O–H groups in total. The molecular weight excluding hydrogens is 206 g/mol. The molecule has 0 aliphatic carbocycles. The van der Waals surface area contributed by atoms with E-state index in [2.05, 4.69) is 0 Å². The van der Waals surface area contributed by atoms with Crippen molar-refractivity contribution in [1.29, 1.82) is 0 Å². The van der Waals surface area contributed by atoms with E-state index in [9.17, 15) is 14.7 Å². The first kappa shape index (κ1) is 13.2. The van der Waals surface area contributed by atoms with Crippen LogP contribution in [0.15, 0.2) is 0 Å². The molecule has 92 valence electrons. The molecule has 0 spiro atoms. The number of carboxylic acid groups (broad SMARTS) is 1. The smallest absolute Gasteiger partial charge is 0.435 e. The van der Waals surface area contributed by atoms with Gasteiger partial charge in [0, 0.05) is 18.3 Å². The maximum Gasteiger partial charge on any atom is 0.514 e. The lowest BCUT2D eigenvalue weighted by molar-refractivity contribution is -0.859. The second kappa shape index (κ2) is 4.17. The molecule has 1 aliphatic heterocycles. The van der Waals surface area contributed by atoms with Gasteiger partial charge in [-0.05, 0) is 6.92 Å². The highest BCUT2D eigenvalue weighted by Gasteiger charge is 2.48. The predicted octanol–water partition coefficient (Wildman–Crippen LogP) is 2.28. The summed E-state index contributed by atoms with van der Waals surface area (Å²) in [6.07, 6.45) is 0.928. The van der Waals surface area contributed by atoms with Gasteiger partial charge in [-0.15, -0.1) is 0 Å². The van der Waals surface area contributed by atoms with Crippen LogP contribution in [0.4, 0.5) is 4.79 Å². The number of nitrogens with zero attached hydrogens (tertiary/aromatic N) is 1. The first-order chi connectivity index (χ1) is 7.20. The summed E-state index contributed by atoms with van der Waals surface area (Å²) in [5, 5.41) is 9.37. The highest BCUT2D eigenvalue weighted by molar-refractivity contribution is 5.85. The number of quaternary nitrogens is 1. The Hall–Kier alpha value is -0.900. The highest BCUT2D eigenvalue weighted by Crippen LogP contribution is 2.29. The number of amides is 1. The van der Waals surface area contributed by atoms with Gasteiger partial charge in [-0.25, -0.2) is 4.48 Å². The van der Waals surface area contributed by atoms with Crippen LogP contribution >= 0.6 is 0 Å². The third-order valence-electron chi connectivity index (χ3n) is 3.67. The summed E-state index contributed by atoms with van der Waals surface area (Å²) in [7, 11) is 0. The lowest BCUT2D eigenvalue weighted by Gasteiger charge is -2.33. The zero-order chi connectivity index (χ0) is 12.6. The molecule has 4 nitrogen and oxygen atoms in total. The number of carbonyl (C=O) groups excluding carboxylic acids is 1. The van der Waals surface area contributed by atoms with Crippen molar-refractivity contribution >= 4 is 11.9 Å². The van der Waals surface area contributed by atoms with Crippen LogP contribution in [0.1, 0.15) is 40.5 Å². The van der Waals surface area contributed by atoms with Gasteiger partial charge >= 0.3 is 6.09 Å². The Labute approximate surface area is 96.8 Å². The van der Waals surface area contributed by atoms with Crippen molar-refractivity contribution in [2.45, 2.75) is 46.6 Å². The molecule has 1 rings (SSSR count). The largest absolute Gasteiger partial charge is 0.514 e. The van der Waals surface area contributed by atoms with Crippen molar-refractivity contribution < 1.29 is 19.2 Å². The normalized spacial score (nSPS) is 30.4. The number of rotatable bonds is 2. The van der Waals surface area contributed by atoms with Crippen LogP contribution in [-0.2, 0) is 4.79 Å². The number of ketones is 1. The standard InChI is InChI=1S/C12H21NO3/c1-9-6-5-7-13(9,11(15)16)8-10(14)12(2,3)4/h9H,5-8H2,1-4H3/p+1/t9-,13?/m1/s1. The fourth-order valence-corrected chi connectivity index (χ4v) is 2.22. The molecule has 0 aromatic rings. The third kappa shape index (κ3) is 2.26. The molecule has 0 radical (unpaired) electrons. The van der Waals surface area contributed by atoms with Gasteiger partial charge in [0.1, 0.15) is 6.54 Å². The van der Waals surface area contributed by atoms with Crippen molar-refractivity contribution in [3.05, 3.63) is 0 Å². The van der Waals surface area contributed by atoms with Crippen LogP contribution in [0.5, 0.6) is 0 Å². The van der Waals surface area contributed by atoms with Crippen molar-refractivity contribution in [1.82, 2.24) is 0 Å². The van der Waals surface area contributed by atoms with E-state index in [-0.39, 0.29) is 22.9 Å². The number of Topliss-reactive ketones (excluding diaryl/α,β-unsaturated/α-hetero) is 1. The van der Waals surface area contributed by atoms with Gasteiger partial charge in [0.25, 0.3) is 0 Å². The maximum atomic E-state index is 12.0. The Morgan fingerprint density at radius 1 is 1.38 bits per heavy atom. The van der Waals surface area contributed by atoms with Crippen LogP contribution in [0.3, 0.4) is 0 Å². The van der Waals surface area contributed by atoms with Gasteiger partial charge in [-0.2, -0.15) is 4.79 Å². The molecule has 0 aromatic heterocycles. The predicted molar refractivity (Wildman–Crippen MR) is 61.2 cm³/mol. The van der Waals surface area contributed by atoms with Crippen molar-refractivity contribution in [3.8, 4) is 0 Å². The molecule has 1 saturated heterocycles. The van der Waals surface area contributed by atoms with E-state index in [0.717, 1.165) is 12.8 Å². The van der Waals surface area contributed by atoms with E-state index >= 15 is 0 Å². The topological polar surface area (TPSA) is 54.4 Å². The molecule has 1 fully saturated rings. The maximum absolute atomic E-state index is 12.0. The third-order valence-corrected chi connectivity index (χ3v) is 3.67. The van der Waals surface area contributed by atoms with E-state index in [1.165, 1.54) is 0 Å². The Bertz CT molecular complexity index is 306. The summed E-state index contributed by atoms with van der Waals surface area (Å²) in [4.78, 5) is 23.4. The second-order valence-electron chi connectivity index (χ2n) is 5.86. The van der Waals surface area contributed by atoms with E-state index in [4.69, 9.17) is 0 Å². The average molecular weight is 228 g/mol. The molecule has 0 bridgehead atoms. The van der Waals surface area contributed by atoms with Gasteiger partial charge in [0.2, 0.25) is 0 Å². The summed E-state index contributed by atoms with van der Waals surface area (Å²) in [6, 6.07) is 0.0452. The van der Waals surface area contributed by atoms with E-state index in [1.807, 2.05) is 27.7 Å². The van der Waals surface area contributed by atoms with Gasteiger partial charge in [0.05, 0.1) is 12.6 Å². The number of likely N-dealkylation sites (tertiary alicyclic amines) is 1. The number of hydrogen-bond acceptors (Lipinski definition) is 2. The molecule has 1 unspecified atom stereocenters. The Kier molecular flexibility index (Phi) is 3.43. The van der Waals surface area contributed by atoms with Crippen LogP contribution in [0, 0.1) is 5.41 Å². The molecular formula is C12H22NO3+. The van der Waals surface area contributed by atoms with Crippen LogP contribution in [0.25, 0.3) is 0 Å². The molecule has 16 heavy (non-hydrogen) atoms. The average Bonchev–Trinajstić information content (AvgIpc) is 2.47. The van der Waals surface area contributed by atoms with Crippen LogP contribution < -0.4 is 0 Å². The SMILES string of the molecule is C[C@@H]1CCC[N+]1(CC(=O)C(C)(C)C)C(=O)O. The summed E-state index contributed by atoms with van der Waals surface area (Å²) >= 11 is 0. The quantitative estimate of drug-likeness (QED) is 0.738. The molecule has 1 heterocycles. The first-order valence-electron chi connectivity index (χ1n) is 5.84. The molecule has 4 heteroatoms. The minimum atomic E-state index is -0.859. The monoisotopic (exact) mass is 228 g/mol. The van der Waals surface area contributed by atoms with Crippen LogP contribution in [0.2, 0.25) is 0 Å². The van der Waals surface area contributed by atoms with Crippen molar-refractivity contribution in [2.75, 3.05) is 13.1 Å². The number of hydrogen-bond donors (Lipinski definition) is 1. The van der Waals surface area contributed by atoms with E-state index in [1.54, 1.807) is 0 Å². The van der Waals surface area contributed by atoms with E-state index < -0.39 is 11.5 Å². The Morgan fingerprint density at radius 2 is 1.94 bits per heavy atom. The zero-order valence-corrected chi connectivity index (χ0v) is 10.6. The Morgan fingerprint density at radius 3 is 2.25 bits per heavy atom. The molecule has 1 amide bonds. The van der Waals surface area contributed by atoms with Crippen molar-refractivity contribution in [2.24, 2.45) is 5.41 Å². The highest BCUT2D eigenvalue weighted by atomic mass is 16.4. The minimum absolute atomic E-state index is 0.0312. The van der Waals surface area contributed by atoms with Gasteiger partial charge in [-0.1, -0.05) is 20.8 Å². The molecule has 2 atom stereocenters. The second-order valence-corrected chi connectivity index (χ2v) is 5.86. The molecule has 0 aromatic carbocycles. The van der Waals surface area contributed by atoms with Gasteiger partial charge in [-0.3, -0.25) is 4.79 Å². The van der Waals surface area contributed by atoms with Crippen molar-refractivity contribution in [3.63, 3.8) is 0 Å². The van der Waals surface area contributed by atoms with Gasteiger partial charge in [0.15, 0.2) is 5.78 Å². The molecule has 1 aliphatic rings. The lowest BCUT2D eigenvalue weighted by atomic mass is 9.90. The first-order valence-corrected chi connectivity index (χ1v) is 5.84. The summed E-state index contributed by atoms with van der Waals surface area (Å²) in [5.74, 6) is 0.0312. The summed E-state index contributed by atoms with van der Waals surface area (Å²) < 4.78 is -0.0733. The lowest BCUT2D eigenvalue weighted by Crippen LogP contribution is -2.58. The van der Waals surface area contributed by atoms with Crippen LogP contribution in [-0.4, -0.2) is 40.6 Å². The zero-order valence-electron chi connectivity index (χ0n) is 10.6.